The summed E-state index contributed by atoms with van der Waals surface area (Å²) in [6.45, 7) is 3.10. The van der Waals surface area contributed by atoms with Crippen LogP contribution in [-0.2, 0) is 10.5 Å². The SMILES string of the molecule is COc1ccc(C#CCCO)c(CSC2CCOC2C)c1. The smallest absolute Gasteiger partial charge is 0.119 e. The van der Waals surface area contributed by atoms with Crippen molar-refractivity contribution >= 4 is 11.8 Å². The number of ether oxygens (including phenoxy) is 2. The van der Waals surface area contributed by atoms with Crippen molar-refractivity contribution in [1.82, 2.24) is 0 Å². The molecular weight excluding hydrogens is 284 g/mol. The Morgan fingerprint density at radius 2 is 2.33 bits per heavy atom. The zero-order valence-electron chi connectivity index (χ0n) is 12.6. The van der Waals surface area contributed by atoms with Crippen LogP contribution in [0.15, 0.2) is 18.2 Å². The maximum absolute atomic E-state index is 8.83. The van der Waals surface area contributed by atoms with Gasteiger partial charge in [-0.1, -0.05) is 11.8 Å². The molecule has 1 saturated heterocycles. The average molecular weight is 306 g/mol. The van der Waals surface area contributed by atoms with Gasteiger partial charge in [-0.15, -0.1) is 0 Å². The van der Waals surface area contributed by atoms with Crippen LogP contribution in [0.2, 0.25) is 0 Å². The maximum Gasteiger partial charge on any atom is 0.119 e. The predicted octanol–water partition coefficient (Wildman–Crippen LogP) is 2.84. The molecule has 1 aromatic rings. The second kappa shape index (κ2) is 8.33. The van der Waals surface area contributed by atoms with Gasteiger partial charge in [-0.2, -0.15) is 11.8 Å². The van der Waals surface area contributed by atoms with Gasteiger partial charge >= 0.3 is 0 Å². The van der Waals surface area contributed by atoms with Crippen LogP contribution in [0, 0.1) is 11.8 Å². The Morgan fingerprint density at radius 3 is 3.00 bits per heavy atom. The third kappa shape index (κ3) is 4.67. The van der Waals surface area contributed by atoms with E-state index in [2.05, 4.69) is 24.8 Å². The Hall–Kier alpha value is -1.15. The molecule has 2 rings (SSSR count). The van der Waals surface area contributed by atoms with E-state index in [1.165, 1.54) is 5.56 Å². The number of benzene rings is 1. The lowest BCUT2D eigenvalue weighted by molar-refractivity contribution is 0.127. The molecule has 2 atom stereocenters. The van der Waals surface area contributed by atoms with E-state index in [0.29, 0.717) is 17.8 Å². The third-order valence-electron chi connectivity index (χ3n) is 3.53. The van der Waals surface area contributed by atoms with E-state index < -0.39 is 0 Å². The fourth-order valence-corrected chi connectivity index (χ4v) is 3.52. The predicted molar refractivity (Wildman–Crippen MR) is 86.7 cm³/mol. The minimum atomic E-state index is 0.101. The highest BCUT2D eigenvalue weighted by Gasteiger charge is 2.24. The van der Waals surface area contributed by atoms with Crippen LogP contribution in [0.4, 0.5) is 0 Å². The molecule has 1 aliphatic heterocycles. The molecule has 1 N–H and O–H groups in total. The Morgan fingerprint density at radius 1 is 1.48 bits per heavy atom. The van der Waals surface area contributed by atoms with Crippen molar-refractivity contribution in [3.63, 3.8) is 0 Å². The second-order valence-electron chi connectivity index (χ2n) is 5.01. The van der Waals surface area contributed by atoms with Crippen LogP contribution in [0.5, 0.6) is 5.75 Å². The molecule has 1 heterocycles. The van der Waals surface area contributed by atoms with Gasteiger partial charge in [-0.25, -0.2) is 0 Å². The van der Waals surface area contributed by atoms with Gasteiger partial charge in [-0.3, -0.25) is 0 Å². The van der Waals surface area contributed by atoms with Crippen LogP contribution < -0.4 is 4.74 Å². The van der Waals surface area contributed by atoms with E-state index in [0.717, 1.165) is 30.1 Å². The van der Waals surface area contributed by atoms with E-state index in [9.17, 15) is 0 Å². The number of hydrogen-bond donors (Lipinski definition) is 1. The van der Waals surface area contributed by atoms with Crippen LogP contribution >= 0.6 is 11.8 Å². The van der Waals surface area contributed by atoms with Crippen LogP contribution in [0.25, 0.3) is 0 Å². The van der Waals surface area contributed by atoms with E-state index >= 15 is 0 Å². The summed E-state index contributed by atoms with van der Waals surface area (Å²) in [4.78, 5) is 0. The quantitative estimate of drug-likeness (QED) is 0.849. The van der Waals surface area contributed by atoms with Crippen molar-refractivity contribution in [3.8, 4) is 17.6 Å². The lowest BCUT2D eigenvalue weighted by atomic mass is 10.1. The zero-order valence-corrected chi connectivity index (χ0v) is 13.4. The van der Waals surface area contributed by atoms with Crippen LogP contribution in [-0.4, -0.2) is 36.8 Å². The second-order valence-corrected chi connectivity index (χ2v) is 6.24. The minimum Gasteiger partial charge on any atom is -0.497 e. The summed E-state index contributed by atoms with van der Waals surface area (Å²) in [6.07, 6.45) is 1.94. The molecule has 21 heavy (non-hydrogen) atoms. The molecular formula is C17H22O3S. The molecule has 2 unspecified atom stereocenters. The van der Waals surface area contributed by atoms with Gasteiger partial charge in [0.1, 0.15) is 5.75 Å². The van der Waals surface area contributed by atoms with Gasteiger partial charge in [0.2, 0.25) is 0 Å². The fraction of sp³-hybridized carbons (Fsp3) is 0.529. The molecule has 1 aromatic carbocycles. The fourth-order valence-electron chi connectivity index (χ4n) is 2.28. The molecule has 1 fully saturated rings. The van der Waals surface area contributed by atoms with Gasteiger partial charge in [-0.05, 0) is 37.1 Å². The molecule has 0 radical (unpaired) electrons. The van der Waals surface area contributed by atoms with Gasteiger partial charge in [0.15, 0.2) is 0 Å². The summed E-state index contributed by atoms with van der Waals surface area (Å²) < 4.78 is 10.9. The molecule has 0 spiro atoms. The van der Waals surface area contributed by atoms with Crippen molar-refractivity contribution < 1.29 is 14.6 Å². The highest BCUT2D eigenvalue weighted by molar-refractivity contribution is 7.99. The largest absolute Gasteiger partial charge is 0.497 e. The summed E-state index contributed by atoms with van der Waals surface area (Å²) in [5, 5.41) is 9.38. The van der Waals surface area contributed by atoms with Crippen LogP contribution in [0.3, 0.4) is 0 Å². The Balaban J connectivity index is 2.09. The molecule has 4 heteroatoms. The van der Waals surface area contributed by atoms with E-state index in [4.69, 9.17) is 14.6 Å². The molecule has 0 aliphatic carbocycles. The van der Waals surface area contributed by atoms with E-state index in [1.807, 2.05) is 23.9 Å². The first-order chi connectivity index (χ1) is 10.2. The molecule has 3 nitrogen and oxygen atoms in total. The number of rotatable bonds is 5. The summed E-state index contributed by atoms with van der Waals surface area (Å²) in [5.41, 5.74) is 2.20. The van der Waals surface area contributed by atoms with Crippen LogP contribution in [0.1, 0.15) is 30.9 Å². The molecule has 114 valence electrons. The number of aliphatic hydroxyl groups is 1. The number of thioether (sulfide) groups is 1. The monoisotopic (exact) mass is 306 g/mol. The lowest BCUT2D eigenvalue weighted by Crippen LogP contribution is -2.13. The van der Waals surface area contributed by atoms with Gasteiger partial charge in [0, 0.05) is 29.6 Å². The summed E-state index contributed by atoms with van der Waals surface area (Å²) in [6, 6.07) is 5.97. The minimum absolute atomic E-state index is 0.101. The summed E-state index contributed by atoms with van der Waals surface area (Å²) in [5.74, 6) is 7.89. The van der Waals surface area contributed by atoms with Crippen molar-refractivity contribution in [2.75, 3.05) is 20.3 Å². The molecule has 1 aliphatic rings. The maximum atomic E-state index is 8.83. The van der Waals surface area contributed by atoms with Gasteiger partial charge < -0.3 is 14.6 Å². The van der Waals surface area contributed by atoms with Crippen molar-refractivity contribution in [2.45, 2.75) is 36.9 Å². The first kappa shape index (κ1) is 16.2. The standard InChI is InChI=1S/C17H22O3S/c1-13-17(8-10-20-13)21-12-15-11-16(19-2)7-6-14(15)5-3-4-9-18/h6-7,11,13,17-18H,4,8-10,12H2,1-2H3. The summed E-state index contributed by atoms with van der Waals surface area (Å²) in [7, 11) is 1.68. The first-order valence-corrected chi connectivity index (χ1v) is 8.29. The molecule has 0 aromatic heterocycles. The Kier molecular flexibility index (Phi) is 6.44. The topological polar surface area (TPSA) is 38.7 Å². The molecule has 0 bridgehead atoms. The number of hydrogen-bond acceptors (Lipinski definition) is 4. The normalized spacial score (nSPS) is 20.9. The molecule has 0 amide bonds. The van der Waals surface area contributed by atoms with Crippen molar-refractivity contribution in [2.24, 2.45) is 0 Å². The van der Waals surface area contributed by atoms with Crippen molar-refractivity contribution in [1.29, 1.82) is 0 Å². The third-order valence-corrected chi connectivity index (χ3v) is 5.06. The first-order valence-electron chi connectivity index (χ1n) is 7.24. The average Bonchev–Trinajstić information content (AvgIpc) is 2.91. The Bertz CT molecular complexity index is 519. The highest BCUT2D eigenvalue weighted by Crippen LogP contribution is 2.30. The number of methoxy groups -OCH3 is 1. The van der Waals surface area contributed by atoms with Gasteiger partial charge in [0.05, 0.1) is 19.8 Å². The zero-order chi connectivity index (χ0) is 15.1. The lowest BCUT2D eigenvalue weighted by Gasteiger charge is -2.14. The van der Waals surface area contributed by atoms with Crippen molar-refractivity contribution in [3.05, 3.63) is 29.3 Å². The Labute approximate surface area is 131 Å². The van der Waals surface area contributed by atoms with Gasteiger partial charge in [0.25, 0.3) is 0 Å². The number of aliphatic hydroxyl groups excluding tert-OH is 1. The highest BCUT2D eigenvalue weighted by atomic mass is 32.2. The summed E-state index contributed by atoms with van der Waals surface area (Å²) >= 11 is 1.92. The van der Waals surface area contributed by atoms with E-state index in [-0.39, 0.29) is 6.61 Å². The van der Waals surface area contributed by atoms with E-state index in [1.54, 1.807) is 7.11 Å². The molecule has 0 saturated carbocycles.